The Balaban J connectivity index is 1.13. The van der Waals surface area contributed by atoms with Gasteiger partial charge >= 0.3 is 0 Å². The SMILES string of the molecule is C1=CCCC(C2=Nc3ccc(-c4cc5c(cc4-n4c6cccc7c6c6c8c(cccc8ccc64)-c4ccccc4-7)oc4c6ccccc6ccc54)cc3C2)=C1. The summed E-state index contributed by atoms with van der Waals surface area (Å²) in [5, 5.41) is 9.75. The van der Waals surface area contributed by atoms with E-state index in [0.717, 1.165) is 58.0 Å². The van der Waals surface area contributed by atoms with Crippen LogP contribution in [0.4, 0.5) is 5.69 Å². The standard InChI is InChI=1S/C52H32N2O/c1-2-11-31(12-3-1)44-27-34-26-33(21-24-43(34)53-44)41-28-42-40-23-20-30-10-4-5-14-35(30)52(40)55-48(42)29-47(41)54-45-19-9-18-39-37-16-7-6-15-36(37)38-17-8-13-32-22-25-46(54)51(49(32)38)50(39)45/h1-2,4-11,13-26,28-29H,3,12,27H2. The molecule has 3 heterocycles. The highest BCUT2D eigenvalue weighted by molar-refractivity contribution is 6.30. The van der Waals surface area contributed by atoms with E-state index in [9.17, 15) is 0 Å². The third-order valence-electron chi connectivity index (χ3n) is 12.4. The Labute approximate surface area is 316 Å². The fourth-order valence-electron chi connectivity index (χ4n) is 9.94. The molecule has 2 aliphatic carbocycles. The molecule has 13 rings (SSSR count). The summed E-state index contributed by atoms with van der Waals surface area (Å²) in [6.45, 7) is 0. The maximum Gasteiger partial charge on any atom is 0.143 e. The van der Waals surface area contributed by atoms with Crippen LogP contribution in [0.3, 0.4) is 0 Å². The fraction of sp³-hybridized carbons (Fsp3) is 0.0577. The number of furan rings is 1. The minimum atomic E-state index is 0.855. The topological polar surface area (TPSA) is 30.4 Å². The first-order valence-corrected chi connectivity index (χ1v) is 19.3. The van der Waals surface area contributed by atoms with Gasteiger partial charge in [0, 0.05) is 50.7 Å². The summed E-state index contributed by atoms with van der Waals surface area (Å²) in [5.41, 5.74) is 17.7. The number of hydrogen-bond donors (Lipinski definition) is 0. The van der Waals surface area contributed by atoms with E-state index < -0.39 is 0 Å². The Kier molecular flexibility index (Phi) is 5.79. The van der Waals surface area contributed by atoms with Crippen molar-refractivity contribution in [1.82, 2.24) is 4.57 Å². The largest absolute Gasteiger partial charge is 0.455 e. The van der Waals surface area contributed by atoms with Crippen LogP contribution in [0.1, 0.15) is 18.4 Å². The minimum Gasteiger partial charge on any atom is -0.455 e. The Morgan fingerprint density at radius 2 is 1.35 bits per heavy atom. The van der Waals surface area contributed by atoms with E-state index in [1.54, 1.807) is 0 Å². The molecule has 0 bridgehead atoms. The maximum atomic E-state index is 6.90. The van der Waals surface area contributed by atoms with Crippen molar-refractivity contribution in [2.24, 2.45) is 4.99 Å². The molecule has 0 saturated carbocycles. The van der Waals surface area contributed by atoms with Crippen LogP contribution in [-0.4, -0.2) is 10.3 Å². The zero-order valence-corrected chi connectivity index (χ0v) is 29.9. The molecule has 3 heteroatoms. The number of rotatable bonds is 3. The molecule has 0 unspecified atom stereocenters. The molecule has 8 aromatic carbocycles. The van der Waals surface area contributed by atoms with E-state index in [2.05, 4.69) is 162 Å². The first-order chi connectivity index (χ1) is 27.3. The second-order valence-corrected chi connectivity index (χ2v) is 15.3. The zero-order chi connectivity index (χ0) is 35.8. The monoisotopic (exact) mass is 700 g/mol. The molecule has 0 spiro atoms. The molecule has 256 valence electrons. The van der Waals surface area contributed by atoms with Crippen molar-refractivity contribution in [3.05, 3.63) is 169 Å². The lowest BCUT2D eigenvalue weighted by Crippen LogP contribution is -2.04. The van der Waals surface area contributed by atoms with Crippen molar-refractivity contribution in [3.63, 3.8) is 0 Å². The van der Waals surface area contributed by atoms with Gasteiger partial charge < -0.3 is 8.98 Å². The van der Waals surface area contributed by atoms with Crippen molar-refractivity contribution < 1.29 is 4.42 Å². The third kappa shape index (κ3) is 4.02. The normalized spacial score (nSPS) is 14.5. The second kappa shape index (κ2) is 10.8. The molecule has 0 radical (unpaired) electrons. The average molecular weight is 701 g/mol. The number of nitrogens with zero attached hydrogens (tertiary/aromatic N) is 2. The average Bonchev–Trinajstić information content (AvgIpc) is 3.92. The molecule has 3 nitrogen and oxygen atoms in total. The van der Waals surface area contributed by atoms with E-state index in [0.29, 0.717) is 0 Å². The molecule has 0 N–H and O–H groups in total. The van der Waals surface area contributed by atoms with E-state index in [-0.39, 0.29) is 0 Å². The highest BCUT2D eigenvalue weighted by atomic mass is 16.3. The second-order valence-electron chi connectivity index (χ2n) is 15.3. The van der Waals surface area contributed by atoms with Gasteiger partial charge in [0.2, 0.25) is 0 Å². The van der Waals surface area contributed by atoms with Crippen LogP contribution < -0.4 is 0 Å². The number of aliphatic imine (C=N–C) groups is 1. The van der Waals surface area contributed by atoms with Crippen LogP contribution in [-0.2, 0) is 6.42 Å². The molecule has 10 aromatic rings. The number of hydrogen-bond acceptors (Lipinski definition) is 2. The van der Waals surface area contributed by atoms with E-state index in [4.69, 9.17) is 9.41 Å². The summed E-state index contributed by atoms with van der Waals surface area (Å²) in [6.07, 6.45) is 9.65. The summed E-state index contributed by atoms with van der Waals surface area (Å²) in [7, 11) is 0. The zero-order valence-electron chi connectivity index (χ0n) is 29.9. The van der Waals surface area contributed by atoms with Gasteiger partial charge in [0.15, 0.2) is 0 Å². The lowest BCUT2D eigenvalue weighted by atomic mass is 9.93. The Bertz CT molecular complexity index is 3460. The Morgan fingerprint density at radius 1 is 0.564 bits per heavy atom. The van der Waals surface area contributed by atoms with Gasteiger partial charge in [-0.2, -0.15) is 0 Å². The van der Waals surface area contributed by atoms with Crippen molar-refractivity contribution in [2.45, 2.75) is 19.3 Å². The quantitative estimate of drug-likeness (QED) is 0.180. The molecule has 0 fully saturated rings. The lowest BCUT2D eigenvalue weighted by Gasteiger charge is -2.17. The molecule has 55 heavy (non-hydrogen) atoms. The predicted molar refractivity (Wildman–Crippen MR) is 230 cm³/mol. The molecule has 0 atom stereocenters. The van der Waals surface area contributed by atoms with Crippen LogP contribution in [0.2, 0.25) is 0 Å². The smallest absolute Gasteiger partial charge is 0.143 e. The van der Waals surface area contributed by atoms with Crippen molar-refractivity contribution in [2.75, 3.05) is 0 Å². The summed E-state index contributed by atoms with van der Waals surface area (Å²) < 4.78 is 9.41. The van der Waals surface area contributed by atoms with Gasteiger partial charge in [-0.25, -0.2) is 0 Å². The van der Waals surface area contributed by atoms with Gasteiger partial charge in [0.05, 0.1) is 22.4 Å². The van der Waals surface area contributed by atoms with Gasteiger partial charge in [-0.3, -0.25) is 4.99 Å². The molecule has 0 amide bonds. The van der Waals surface area contributed by atoms with Gasteiger partial charge in [-0.05, 0) is 104 Å². The van der Waals surface area contributed by atoms with E-state index >= 15 is 0 Å². The van der Waals surface area contributed by atoms with Crippen molar-refractivity contribution >= 4 is 76.7 Å². The first-order valence-electron chi connectivity index (χ1n) is 19.3. The molecular weight excluding hydrogens is 669 g/mol. The number of aromatic nitrogens is 1. The van der Waals surface area contributed by atoms with Crippen molar-refractivity contribution in [3.8, 4) is 39.1 Å². The fourth-order valence-corrected chi connectivity index (χ4v) is 9.94. The lowest BCUT2D eigenvalue weighted by molar-refractivity contribution is 0.672. The van der Waals surface area contributed by atoms with Gasteiger partial charge in [-0.1, -0.05) is 115 Å². The van der Waals surface area contributed by atoms with E-state index in [1.807, 2.05) is 0 Å². The highest BCUT2D eigenvalue weighted by Crippen LogP contribution is 2.51. The Morgan fingerprint density at radius 3 is 2.24 bits per heavy atom. The molecule has 1 aliphatic heterocycles. The van der Waals surface area contributed by atoms with Gasteiger partial charge in [0.25, 0.3) is 0 Å². The Hall–Kier alpha value is -6.97. The van der Waals surface area contributed by atoms with Gasteiger partial charge in [0.1, 0.15) is 11.2 Å². The van der Waals surface area contributed by atoms with Gasteiger partial charge in [-0.15, -0.1) is 0 Å². The number of allylic oxidation sites excluding steroid dienone is 4. The van der Waals surface area contributed by atoms with Crippen LogP contribution in [0.25, 0.3) is 104 Å². The maximum absolute atomic E-state index is 6.90. The van der Waals surface area contributed by atoms with Crippen molar-refractivity contribution in [1.29, 1.82) is 0 Å². The van der Waals surface area contributed by atoms with E-state index in [1.165, 1.54) is 88.2 Å². The number of fused-ring (bicyclic) bond motifs is 9. The summed E-state index contributed by atoms with van der Waals surface area (Å²) in [4.78, 5) is 5.14. The highest BCUT2D eigenvalue weighted by Gasteiger charge is 2.27. The first kappa shape index (κ1) is 29.5. The summed E-state index contributed by atoms with van der Waals surface area (Å²) in [5.74, 6) is 0. The van der Waals surface area contributed by atoms with Crippen LogP contribution in [0.5, 0.6) is 0 Å². The van der Waals surface area contributed by atoms with Crippen LogP contribution >= 0.6 is 0 Å². The molecular formula is C52H32N2O. The minimum absolute atomic E-state index is 0.855. The third-order valence-corrected chi connectivity index (χ3v) is 12.4. The molecule has 2 aromatic heterocycles. The van der Waals surface area contributed by atoms with Crippen LogP contribution in [0, 0.1) is 0 Å². The van der Waals surface area contributed by atoms with Crippen LogP contribution in [0.15, 0.2) is 173 Å². The summed E-state index contributed by atoms with van der Waals surface area (Å²) >= 11 is 0. The molecule has 3 aliphatic rings. The molecule has 0 saturated heterocycles. The summed E-state index contributed by atoms with van der Waals surface area (Å²) in [6, 6.07) is 51.7. The number of benzene rings is 8. The predicted octanol–water partition coefficient (Wildman–Crippen LogP) is 14.2.